The van der Waals surface area contributed by atoms with Crippen LogP contribution in [0.2, 0.25) is 0 Å². The summed E-state index contributed by atoms with van der Waals surface area (Å²) in [5, 5.41) is 2.57. The quantitative estimate of drug-likeness (QED) is 0.683. The Labute approximate surface area is 167 Å². The number of benzene rings is 2. The molecule has 7 nitrogen and oxygen atoms in total. The van der Waals surface area contributed by atoms with Crippen molar-refractivity contribution in [1.29, 1.82) is 0 Å². The van der Waals surface area contributed by atoms with Crippen molar-refractivity contribution in [2.75, 3.05) is 39.5 Å². The van der Waals surface area contributed by atoms with E-state index < -0.39 is 26.6 Å². The first-order valence-corrected chi connectivity index (χ1v) is 10.4. The smallest absolute Gasteiger partial charge is 0.251 e. The Kier molecular flexibility index (Phi) is 6.78. The molecule has 10 heteroatoms. The van der Waals surface area contributed by atoms with Crippen molar-refractivity contribution in [3.05, 3.63) is 59.7 Å². The molecule has 2 aromatic rings. The van der Waals surface area contributed by atoms with Crippen LogP contribution in [0.5, 0.6) is 5.75 Å². The molecular formula is C19H20F2N2O5S. The topological polar surface area (TPSA) is 84.9 Å². The molecule has 0 radical (unpaired) electrons. The van der Waals surface area contributed by atoms with E-state index in [1.165, 1.54) is 30.3 Å². The van der Waals surface area contributed by atoms with Crippen molar-refractivity contribution < 1.29 is 31.5 Å². The predicted molar refractivity (Wildman–Crippen MR) is 100 cm³/mol. The van der Waals surface area contributed by atoms with E-state index in [9.17, 15) is 22.0 Å². The Morgan fingerprint density at radius 3 is 2.48 bits per heavy atom. The lowest BCUT2D eigenvalue weighted by atomic mass is 10.2. The van der Waals surface area contributed by atoms with E-state index in [-0.39, 0.29) is 50.8 Å². The summed E-state index contributed by atoms with van der Waals surface area (Å²) in [4.78, 5) is 11.8. The maximum absolute atomic E-state index is 14.2. The summed E-state index contributed by atoms with van der Waals surface area (Å²) in [5.41, 5.74) is 0.0139. The van der Waals surface area contributed by atoms with Gasteiger partial charge >= 0.3 is 0 Å². The van der Waals surface area contributed by atoms with E-state index in [2.05, 4.69) is 5.32 Å². The number of morpholine rings is 1. The van der Waals surface area contributed by atoms with Gasteiger partial charge in [0.15, 0.2) is 0 Å². The molecule has 3 rings (SSSR count). The van der Waals surface area contributed by atoms with Gasteiger partial charge in [-0.2, -0.15) is 4.31 Å². The third-order valence-electron chi connectivity index (χ3n) is 4.25. The number of amides is 1. The monoisotopic (exact) mass is 426 g/mol. The number of halogens is 2. The molecule has 1 amide bonds. The van der Waals surface area contributed by atoms with E-state index >= 15 is 0 Å². The zero-order valence-corrected chi connectivity index (χ0v) is 16.3. The number of hydrogen-bond donors (Lipinski definition) is 1. The van der Waals surface area contributed by atoms with Crippen molar-refractivity contribution in [3.8, 4) is 5.75 Å². The molecule has 2 aromatic carbocycles. The minimum Gasteiger partial charge on any atom is -0.492 e. The molecule has 0 aliphatic carbocycles. The molecule has 0 aromatic heterocycles. The summed E-state index contributed by atoms with van der Waals surface area (Å²) in [6.07, 6.45) is 0. The third-order valence-corrected chi connectivity index (χ3v) is 6.16. The van der Waals surface area contributed by atoms with Gasteiger partial charge in [-0.25, -0.2) is 17.2 Å². The summed E-state index contributed by atoms with van der Waals surface area (Å²) < 4.78 is 64.0. The van der Waals surface area contributed by atoms with Gasteiger partial charge in [0.1, 0.15) is 28.9 Å². The molecule has 0 saturated carbocycles. The van der Waals surface area contributed by atoms with Crippen LogP contribution in [-0.2, 0) is 14.8 Å². The number of sulfonamides is 1. The Bertz CT molecular complexity index is 961. The lowest BCUT2D eigenvalue weighted by Crippen LogP contribution is -2.41. The second-order valence-corrected chi connectivity index (χ2v) is 8.13. The zero-order chi connectivity index (χ0) is 20.9. The number of nitrogens with one attached hydrogen (secondary N) is 1. The molecule has 29 heavy (non-hydrogen) atoms. The van der Waals surface area contributed by atoms with E-state index in [0.29, 0.717) is 5.75 Å². The highest BCUT2D eigenvalue weighted by molar-refractivity contribution is 7.89. The molecule has 1 aliphatic rings. The summed E-state index contributed by atoms with van der Waals surface area (Å²) in [6, 6.07) is 8.61. The first kappa shape index (κ1) is 21.2. The number of nitrogens with zero attached hydrogens (tertiary/aromatic N) is 1. The highest BCUT2D eigenvalue weighted by Gasteiger charge is 2.29. The average Bonchev–Trinajstić information content (AvgIpc) is 2.73. The van der Waals surface area contributed by atoms with Crippen LogP contribution in [0.4, 0.5) is 8.78 Å². The van der Waals surface area contributed by atoms with Gasteiger partial charge < -0.3 is 14.8 Å². The van der Waals surface area contributed by atoms with Crippen molar-refractivity contribution in [2.24, 2.45) is 0 Å². The lowest BCUT2D eigenvalue weighted by Gasteiger charge is -2.26. The van der Waals surface area contributed by atoms with Crippen LogP contribution >= 0.6 is 0 Å². The molecule has 0 unspecified atom stereocenters. The van der Waals surface area contributed by atoms with Gasteiger partial charge in [0, 0.05) is 18.7 Å². The van der Waals surface area contributed by atoms with Gasteiger partial charge in [-0.05, 0) is 42.5 Å². The van der Waals surface area contributed by atoms with Crippen LogP contribution in [0.15, 0.2) is 47.4 Å². The number of hydrogen-bond acceptors (Lipinski definition) is 5. The molecule has 1 heterocycles. The van der Waals surface area contributed by atoms with Crippen molar-refractivity contribution in [2.45, 2.75) is 4.90 Å². The molecule has 1 fully saturated rings. The normalized spacial score (nSPS) is 15.1. The minimum absolute atomic E-state index is 0.0139. The Hall–Kier alpha value is -2.56. The molecule has 0 spiro atoms. The van der Waals surface area contributed by atoms with Gasteiger partial charge in [-0.15, -0.1) is 0 Å². The van der Waals surface area contributed by atoms with E-state index in [0.717, 1.165) is 16.4 Å². The van der Waals surface area contributed by atoms with E-state index in [4.69, 9.17) is 9.47 Å². The van der Waals surface area contributed by atoms with Crippen molar-refractivity contribution in [3.63, 3.8) is 0 Å². The van der Waals surface area contributed by atoms with Gasteiger partial charge in [-0.3, -0.25) is 4.79 Å². The highest BCUT2D eigenvalue weighted by atomic mass is 32.2. The van der Waals surface area contributed by atoms with Crippen LogP contribution in [-0.4, -0.2) is 58.1 Å². The molecular weight excluding hydrogens is 406 g/mol. The lowest BCUT2D eigenvalue weighted by molar-refractivity contribution is 0.0729. The summed E-state index contributed by atoms with van der Waals surface area (Å²) in [7, 11) is -4.07. The standard InChI is InChI=1S/C19H20F2N2O5S/c20-15-2-4-16(5-3-15)28-10-7-22-19(24)14-1-6-17(21)18(13-14)29(25,26)23-8-11-27-12-9-23/h1-6,13H,7-12H2,(H,22,24). The molecule has 0 atom stereocenters. The van der Waals surface area contributed by atoms with Crippen LogP contribution in [0.25, 0.3) is 0 Å². The van der Waals surface area contributed by atoms with Crippen LogP contribution in [0, 0.1) is 11.6 Å². The molecule has 0 bridgehead atoms. The van der Waals surface area contributed by atoms with Gasteiger partial charge in [0.2, 0.25) is 10.0 Å². The largest absolute Gasteiger partial charge is 0.492 e. The SMILES string of the molecule is O=C(NCCOc1ccc(F)cc1)c1ccc(F)c(S(=O)(=O)N2CCOCC2)c1. The minimum atomic E-state index is -4.07. The zero-order valence-electron chi connectivity index (χ0n) is 15.4. The Morgan fingerprint density at radius 1 is 1.10 bits per heavy atom. The number of carbonyl (C=O) groups excluding carboxylic acids is 1. The summed E-state index contributed by atoms with van der Waals surface area (Å²) in [5.74, 6) is -1.43. The predicted octanol–water partition coefficient (Wildman–Crippen LogP) is 1.79. The van der Waals surface area contributed by atoms with Crippen molar-refractivity contribution in [1.82, 2.24) is 9.62 Å². The highest BCUT2D eigenvalue weighted by Crippen LogP contribution is 2.22. The fourth-order valence-corrected chi connectivity index (χ4v) is 4.23. The van der Waals surface area contributed by atoms with Crippen LogP contribution < -0.4 is 10.1 Å². The second kappa shape index (κ2) is 9.29. The molecule has 156 valence electrons. The van der Waals surface area contributed by atoms with E-state index in [1.807, 2.05) is 0 Å². The first-order valence-electron chi connectivity index (χ1n) is 8.92. The third kappa shape index (κ3) is 5.28. The number of carbonyl (C=O) groups is 1. The van der Waals surface area contributed by atoms with Gasteiger partial charge in [0.25, 0.3) is 5.91 Å². The Balaban J connectivity index is 1.62. The summed E-state index contributed by atoms with van der Waals surface area (Å²) >= 11 is 0. The Morgan fingerprint density at radius 2 is 1.79 bits per heavy atom. The maximum Gasteiger partial charge on any atom is 0.251 e. The summed E-state index contributed by atoms with van der Waals surface area (Å²) in [6.45, 7) is 0.957. The van der Waals surface area contributed by atoms with Crippen LogP contribution in [0.1, 0.15) is 10.4 Å². The number of rotatable bonds is 7. The molecule has 1 saturated heterocycles. The number of ether oxygens (including phenoxy) is 2. The fraction of sp³-hybridized carbons (Fsp3) is 0.316. The van der Waals surface area contributed by atoms with Crippen LogP contribution in [0.3, 0.4) is 0 Å². The second-order valence-electron chi connectivity index (χ2n) is 6.22. The maximum atomic E-state index is 14.2. The van der Waals surface area contributed by atoms with E-state index in [1.54, 1.807) is 0 Å². The van der Waals surface area contributed by atoms with Gasteiger partial charge in [-0.1, -0.05) is 0 Å². The van der Waals surface area contributed by atoms with Crippen molar-refractivity contribution >= 4 is 15.9 Å². The molecule has 1 N–H and O–H groups in total. The average molecular weight is 426 g/mol. The first-order chi connectivity index (χ1) is 13.9. The molecule has 1 aliphatic heterocycles. The van der Waals surface area contributed by atoms with Gasteiger partial charge in [0.05, 0.1) is 19.8 Å². The fourth-order valence-electron chi connectivity index (χ4n) is 2.73.